The Labute approximate surface area is 157 Å². The molecule has 0 unspecified atom stereocenters. The van der Waals surface area contributed by atoms with E-state index in [-0.39, 0.29) is 17.4 Å². The molecule has 0 bridgehead atoms. The van der Waals surface area contributed by atoms with Crippen molar-refractivity contribution in [3.8, 4) is 0 Å². The fraction of sp³-hybridized carbons (Fsp3) is 0.619. The van der Waals surface area contributed by atoms with E-state index >= 15 is 0 Å². The number of nitrogens with one attached hydrogen (secondary N) is 1. The second-order valence-electron chi connectivity index (χ2n) is 8.55. The minimum Gasteiger partial charge on any atom is -0.341 e. The third kappa shape index (κ3) is 6.04. The second-order valence-corrected chi connectivity index (χ2v) is 8.55. The fourth-order valence-corrected chi connectivity index (χ4v) is 3.09. The fourth-order valence-electron chi connectivity index (χ4n) is 3.09. The van der Waals surface area contributed by atoms with Crippen LogP contribution in [0.25, 0.3) is 0 Å². The van der Waals surface area contributed by atoms with Gasteiger partial charge < -0.3 is 15.1 Å². The molecule has 1 fully saturated rings. The highest BCUT2D eigenvalue weighted by molar-refractivity contribution is 5.79. The van der Waals surface area contributed by atoms with Gasteiger partial charge in [-0.15, -0.1) is 0 Å². The van der Waals surface area contributed by atoms with Crippen molar-refractivity contribution in [2.24, 2.45) is 5.41 Å². The van der Waals surface area contributed by atoms with Gasteiger partial charge in [0, 0.05) is 32.7 Å². The molecule has 2 rings (SSSR count). The molecular formula is C21H33N3O2. The van der Waals surface area contributed by atoms with E-state index in [4.69, 9.17) is 0 Å². The van der Waals surface area contributed by atoms with Crippen molar-refractivity contribution in [1.29, 1.82) is 0 Å². The molecule has 0 aromatic heterocycles. The zero-order valence-electron chi connectivity index (χ0n) is 16.9. The highest BCUT2D eigenvalue weighted by Crippen LogP contribution is 2.14. The maximum absolute atomic E-state index is 12.7. The summed E-state index contributed by atoms with van der Waals surface area (Å²) in [5, 5.41) is 3.00. The first kappa shape index (κ1) is 20.3. The molecule has 3 amide bonds. The van der Waals surface area contributed by atoms with Gasteiger partial charge in [-0.2, -0.15) is 0 Å². The van der Waals surface area contributed by atoms with E-state index in [1.54, 1.807) is 0 Å². The van der Waals surface area contributed by atoms with Gasteiger partial charge in [0.15, 0.2) is 0 Å². The first-order valence-electron chi connectivity index (χ1n) is 9.52. The maximum Gasteiger partial charge on any atom is 0.317 e. The Morgan fingerprint density at radius 3 is 2.38 bits per heavy atom. The summed E-state index contributed by atoms with van der Waals surface area (Å²) in [6.45, 7) is 13.7. The van der Waals surface area contributed by atoms with Gasteiger partial charge in [-0.05, 0) is 36.8 Å². The van der Waals surface area contributed by atoms with E-state index in [1.807, 2.05) is 23.6 Å². The summed E-state index contributed by atoms with van der Waals surface area (Å²) in [5.74, 6) is 0.149. The van der Waals surface area contributed by atoms with Crippen LogP contribution in [0.5, 0.6) is 0 Å². The van der Waals surface area contributed by atoms with Gasteiger partial charge in [-0.25, -0.2) is 4.79 Å². The number of rotatable bonds is 3. The SMILES string of the molecule is Cc1ccc(C)c(CC(=O)N2CCCN(C(=O)NCC(C)(C)C)CC2)c1. The molecule has 1 aromatic carbocycles. The summed E-state index contributed by atoms with van der Waals surface area (Å²) in [7, 11) is 0. The first-order valence-corrected chi connectivity index (χ1v) is 9.52. The van der Waals surface area contributed by atoms with Crippen LogP contribution in [-0.2, 0) is 11.2 Å². The van der Waals surface area contributed by atoms with Gasteiger partial charge in [0.1, 0.15) is 0 Å². The average Bonchev–Trinajstić information content (AvgIpc) is 2.81. The van der Waals surface area contributed by atoms with Crippen LogP contribution in [0, 0.1) is 19.3 Å². The Hall–Kier alpha value is -2.04. The molecule has 0 atom stereocenters. The number of aryl methyl sites for hydroxylation is 2. The number of benzene rings is 1. The lowest BCUT2D eigenvalue weighted by Gasteiger charge is -2.25. The van der Waals surface area contributed by atoms with Crippen LogP contribution in [-0.4, -0.2) is 54.5 Å². The van der Waals surface area contributed by atoms with E-state index in [2.05, 4.69) is 44.3 Å². The number of carbonyl (C=O) groups is 2. The Bertz CT molecular complexity index is 649. The molecular weight excluding hydrogens is 326 g/mol. The first-order chi connectivity index (χ1) is 12.2. The van der Waals surface area contributed by atoms with E-state index < -0.39 is 0 Å². The zero-order valence-corrected chi connectivity index (χ0v) is 16.9. The Morgan fingerprint density at radius 1 is 1.04 bits per heavy atom. The van der Waals surface area contributed by atoms with Gasteiger partial charge in [0.25, 0.3) is 0 Å². The summed E-state index contributed by atoms with van der Waals surface area (Å²) in [5.41, 5.74) is 3.49. The van der Waals surface area contributed by atoms with Crippen molar-refractivity contribution in [3.05, 3.63) is 34.9 Å². The van der Waals surface area contributed by atoms with E-state index in [0.29, 0.717) is 39.1 Å². The van der Waals surface area contributed by atoms with E-state index in [9.17, 15) is 9.59 Å². The average molecular weight is 360 g/mol. The molecule has 5 heteroatoms. The molecule has 1 aromatic rings. The van der Waals surface area contributed by atoms with Crippen LogP contribution >= 0.6 is 0 Å². The smallest absolute Gasteiger partial charge is 0.317 e. The number of carbonyl (C=O) groups excluding carboxylic acids is 2. The normalized spacial score (nSPS) is 15.6. The van der Waals surface area contributed by atoms with Gasteiger partial charge in [0.05, 0.1) is 6.42 Å². The van der Waals surface area contributed by atoms with Crippen molar-refractivity contribution in [3.63, 3.8) is 0 Å². The Balaban J connectivity index is 1.90. The number of urea groups is 1. The summed E-state index contributed by atoms with van der Waals surface area (Å²) in [6, 6.07) is 6.21. The van der Waals surface area contributed by atoms with Crippen molar-refractivity contribution < 1.29 is 9.59 Å². The predicted octanol–water partition coefficient (Wildman–Crippen LogP) is 3.14. The monoisotopic (exact) mass is 359 g/mol. The molecule has 144 valence electrons. The molecule has 5 nitrogen and oxygen atoms in total. The molecule has 0 saturated carbocycles. The summed E-state index contributed by atoms with van der Waals surface area (Å²) in [4.78, 5) is 28.8. The van der Waals surface area contributed by atoms with Crippen LogP contribution in [0.2, 0.25) is 0 Å². The largest absolute Gasteiger partial charge is 0.341 e. The topological polar surface area (TPSA) is 52.7 Å². The number of amides is 3. The third-order valence-electron chi connectivity index (χ3n) is 4.75. The van der Waals surface area contributed by atoms with E-state index in [1.165, 1.54) is 5.56 Å². The van der Waals surface area contributed by atoms with E-state index in [0.717, 1.165) is 17.5 Å². The van der Waals surface area contributed by atoms with Gasteiger partial charge in [-0.1, -0.05) is 44.5 Å². The molecule has 0 aliphatic carbocycles. The van der Waals surface area contributed by atoms with Crippen molar-refractivity contribution in [2.75, 3.05) is 32.7 Å². The lowest BCUT2D eigenvalue weighted by molar-refractivity contribution is -0.130. The molecule has 0 radical (unpaired) electrons. The number of hydrogen-bond acceptors (Lipinski definition) is 2. The molecule has 1 heterocycles. The van der Waals surface area contributed by atoms with Crippen LogP contribution in [0.4, 0.5) is 4.79 Å². The highest BCUT2D eigenvalue weighted by Gasteiger charge is 2.23. The predicted molar refractivity (Wildman–Crippen MR) is 105 cm³/mol. The van der Waals surface area contributed by atoms with Crippen LogP contribution < -0.4 is 5.32 Å². The quantitative estimate of drug-likeness (QED) is 0.901. The molecule has 1 saturated heterocycles. The lowest BCUT2D eigenvalue weighted by atomic mass is 9.97. The van der Waals surface area contributed by atoms with Gasteiger partial charge >= 0.3 is 6.03 Å². The van der Waals surface area contributed by atoms with Gasteiger partial charge in [-0.3, -0.25) is 4.79 Å². The minimum atomic E-state index is -0.0243. The molecule has 1 aliphatic rings. The lowest BCUT2D eigenvalue weighted by Crippen LogP contribution is -2.45. The van der Waals surface area contributed by atoms with Crippen LogP contribution in [0.3, 0.4) is 0 Å². The zero-order chi connectivity index (χ0) is 19.3. The Morgan fingerprint density at radius 2 is 1.69 bits per heavy atom. The molecule has 1 N–H and O–H groups in total. The second kappa shape index (κ2) is 8.56. The van der Waals surface area contributed by atoms with Crippen molar-refractivity contribution in [1.82, 2.24) is 15.1 Å². The summed E-state index contributed by atoms with van der Waals surface area (Å²) < 4.78 is 0. The third-order valence-corrected chi connectivity index (χ3v) is 4.75. The van der Waals surface area contributed by atoms with Crippen molar-refractivity contribution >= 4 is 11.9 Å². The summed E-state index contributed by atoms with van der Waals surface area (Å²) in [6.07, 6.45) is 1.26. The highest BCUT2D eigenvalue weighted by atomic mass is 16.2. The summed E-state index contributed by atoms with van der Waals surface area (Å²) >= 11 is 0. The van der Waals surface area contributed by atoms with Crippen molar-refractivity contribution in [2.45, 2.75) is 47.5 Å². The number of hydrogen-bond donors (Lipinski definition) is 1. The van der Waals surface area contributed by atoms with Crippen LogP contribution in [0.15, 0.2) is 18.2 Å². The van der Waals surface area contributed by atoms with Crippen LogP contribution in [0.1, 0.15) is 43.9 Å². The molecule has 1 aliphatic heterocycles. The molecule has 0 spiro atoms. The number of nitrogens with zero attached hydrogens (tertiary/aromatic N) is 2. The standard InChI is InChI=1S/C21H33N3O2/c1-16-7-8-17(2)18(13-16)14-19(25)23-9-6-10-24(12-11-23)20(26)22-15-21(3,4)5/h7-8,13H,6,9-12,14-15H2,1-5H3,(H,22,26). The minimum absolute atomic E-state index is 0.0243. The maximum atomic E-state index is 12.7. The van der Waals surface area contributed by atoms with Gasteiger partial charge in [0.2, 0.25) is 5.91 Å². The molecule has 26 heavy (non-hydrogen) atoms. The Kier molecular flexibility index (Phi) is 6.68.